The van der Waals surface area contributed by atoms with Crippen LogP contribution in [0.25, 0.3) is 11.6 Å². The van der Waals surface area contributed by atoms with Crippen LogP contribution in [0.3, 0.4) is 0 Å². The third-order valence-electron chi connectivity index (χ3n) is 4.01. The summed E-state index contributed by atoms with van der Waals surface area (Å²) in [6.45, 7) is 0.186. The van der Waals surface area contributed by atoms with Crippen molar-refractivity contribution in [2.45, 2.75) is 6.54 Å². The zero-order chi connectivity index (χ0) is 18.3. The number of halogens is 1. The Balaban J connectivity index is 1.84. The molecule has 3 heterocycles. The van der Waals surface area contributed by atoms with Crippen molar-refractivity contribution in [3.05, 3.63) is 77.0 Å². The first-order valence-electron chi connectivity index (χ1n) is 7.67. The van der Waals surface area contributed by atoms with Crippen molar-refractivity contribution in [1.82, 2.24) is 9.55 Å². The maximum atomic E-state index is 12.3. The Hall–Kier alpha value is -2.71. The van der Waals surface area contributed by atoms with Gasteiger partial charge in [0.1, 0.15) is 5.56 Å². The van der Waals surface area contributed by atoms with Crippen molar-refractivity contribution < 1.29 is 5.11 Å². The predicted octanol–water partition coefficient (Wildman–Crippen LogP) is 3.37. The number of aliphatic imine (C=N–C) groups is 1. The number of fused-ring (bicyclic) bond motifs is 1. The van der Waals surface area contributed by atoms with Gasteiger partial charge in [-0.15, -0.1) is 11.3 Å². The molecule has 0 saturated carbocycles. The minimum atomic E-state index is -0.647. The maximum Gasteiger partial charge on any atom is 0.331 e. The quantitative estimate of drug-likeness (QED) is 0.668. The van der Waals surface area contributed by atoms with Crippen LogP contribution in [0.2, 0.25) is 0 Å². The van der Waals surface area contributed by atoms with Gasteiger partial charge in [-0.2, -0.15) is 0 Å². The Morgan fingerprint density at radius 3 is 2.92 bits per heavy atom. The lowest BCUT2D eigenvalue weighted by molar-refractivity contribution is 0.408. The first kappa shape index (κ1) is 16.7. The molecule has 1 aliphatic rings. The maximum absolute atomic E-state index is 12.3. The molecular formula is C18H12BrN3O3S. The van der Waals surface area contributed by atoms with Gasteiger partial charge in [0.15, 0.2) is 0 Å². The van der Waals surface area contributed by atoms with Crippen LogP contribution in [0.1, 0.15) is 16.0 Å². The Bertz CT molecular complexity index is 1170. The average molecular weight is 430 g/mol. The fourth-order valence-electron chi connectivity index (χ4n) is 2.74. The zero-order valence-electron chi connectivity index (χ0n) is 13.3. The van der Waals surface area contributed by atoms with Crippen molar-refractivity contribution >= 4 is 50.8 Å². The molecule has 1 aromatic carbocycles. The second kappa shape index (κ2) is 6.54. The highest BCUT2D eigenvalue weighted by atomic mass is 79.9. The van der Waals surface area contributed by atoms with Crippen LogP contribution in [0, 0.1) is 0 Å². The van der Waals surface area contributed by atoms with E-state index in [1.807, 2.05) is 35.7 Å². The van der Waals surface area contributed by atoms with Crippen molar-refractivity contribution in [3.63, 3.8) is 0 Å². The van der Waals surface area contributed by atoms with Gasteiger partial charge in [-0.3, -0.25) is 19.3 Å². The third kappa shape index (κ3) is 2.97. The second-order valence-corrected chi connectivity index (χ2v) is 7.63. The van der Waals surface area contributed by atoms with E-state index in [4.69, 9.17) is 0 Å². The summed E-state index contributed by atoms with van der Waals surface area (Å²) in [7, 11) is 0. The number of hydrogen-bond donors (Lipinski definition) is 2. The first-order valence-corrected chi connectivity index (χ1v) is 9.34. The highest BCUT2D eigenvalue weighted by molar-refractivity contribution is 9.10. The standard InChI is InChI=1S/C18H12BrN3O3S/c19-11-3-4-15-13(7-11)10(8-20-15)6-14-16(23)21-18(25)22(17(14)24)9-12-2-1-5-26-12/h1-8,24H,9H2,(H,21,23,25)/b10-6+. The number of allylic oxidation sites excluding steroid dienone is 1. The molecule has 8 heteroatoms. The van der Waals surface area contributed by atoms with E-state index in [1.165, 1.54) is 11.3 Å². The summed E-state index contributed by atoms with van der Waals surface area (Å²) in [5, 5.41) is 12.4. The van der Waals surface area contributed by atoms with Gasteiger partial charge >= 0.3 is 5.69 Å². The van der Waals surface area contributed by atoms with E-state index in [-0.39, 0.29) is 18.0 Å². The number of rotatable bonds is 3. The van der Waals surface area contributed by atoms with E-state index < -0.39 is 11.2 Å². The summed E-state index contributed by atoms with van der Waals surface area (Å²) < 4.78 is 2.03. The molecule has 0 unspecified atom stereocenters. The largest absolute Gasteiger partial charge is 0.494 e. The van der Waals surface area contributed by atoms with Gasteiger partial charge in [0.05, 0.1) is 12.2 Å². The normalized spacial score (nSPS) is 14.1. The van der Waals surface area contributed by atoms with Crippen LogP contribution in [0.5, 0.6) is 5.88 Å². The van der Waals surface area contributed by atoms with Crippen LogP contribution >= 0.6 is 27.3 Å². The fourth-order valence-corrected chi connectivity index (χ4v) is 3.80. The summed E-state index contributed by atoms with van der Waals surface area (Å²) in [4.78, 5) is 31.8. The number of aromatic amines is 1. The van der Waals surface area contributed by atoms with Gasteiger partial charge in [-0.1, -0.05) is 22.0 Å². The lowest BCUT2D eigenvalue weighted by Crippen LogP contribution is -2.31. The zero-order valence-corrected chi connectivity index (χ0v) is 15.7. The van der Waals surface area contributed by atoms with Crippen molar-refractivity contribution in [2.75, 3.05) is 0 Å². The van der Waals surface area contributed by atoms with E-state index in [1.54, 1.807) is 12.3 Å². The molecule has 0 radical (unpaired) electrons. The van der Waals surface area contributed by atoms with Crippen molar-refractivity contribution in [2.24, 2.45) is 4.99 Å². The van der Waals surface area contributed by atoms with Crippen LogP contribution in [0.15, 0.2) is 54.8 Å². The molecule has 1 aliphatic heterocycles. The monoisotopic (exact) mass is 429 g/mol. The molecule has 26 heavy (non-hydrogen) atoms. The highest BCUT2D eigenvalue weighted by Crippen LogP contribution is 2.35. The summed E-state index contributed by atoms with van der Waals surface area (Å²) in [5.74, 6) is -0.364. The lowest BCUT2D eigenvalue weighted by Gasteiger charge is -2.09. The number of thiophene rings is 1. The lowest BCUT2D eigenvalue weighted by atomic mass is 10.1. The van der Waals surface area contributed by atoms with Gasteiger partial charge in [-0.05, 0) is 35.7 Å². The summed E-state index contributed by atoms with van der Waals surface area (Å²) in [6.07, 6.45) is 3.17. The number of aromatic hydroxyl groups is 1. The Morgan fingerprint density at radius 1 is 1.31 bits per heavy atom. The number of benzene rings is 1. The second-order valence-electron chi connectivity index (χ2n) is 5.68. The molecular weight excluding hydrogens is 418 g/mol. The molecule has 0 spiro atoms. The van der Waals surface area contributed by atoms with E-state index in [0.29, 0.717) is 5.57 Å². The third-order valence-corrected chi connectivity index (χ3v) is 5.37. The molecule has 2 aromatic heterocycles. The molecule has 0 amide bonds. The number of hydrogen-bond acceptors (Lipinski definition) is 5. The van der Waals surface area contributed by atoms with Gasteiger partial charge in [0, 0.05) is 26.7 Å². The molecule has 0 atom stereocenters. The SMILES string of the molecule is O=c1[nH]c(=O)n(Cc2cccs2)c(O)c1/C=C1\C=Nc2ccc(Br)cc21. The van der Waals surface area contributed by atoms with E-state index in [2.05, 4.69) is 25.9 Å². The molecule has 0 fully saturated rings. The van der Waals surface area contributed by atoms with Gasteiger partial charge in [0.25, 0.3) is 5.56 Å². The molecule has 0 aliphatic carbocycles. The van der Waals surface area contributed by atoms with Crippen LogP contribution in [-0.2, 0) is 6.54 Å². The van der Waals surface area contributed by atoms with Gasteiger partial charge < -0.3 is 5.11 Å². The van der Waals surface area contributed by atoms with Crippen LogP contribution in [0.4, 0.5) is 5.69 Å². The van der Waals surface area contributed by atoms with Crippen molar-refractivity contribution in [3.8, 4) is 5.88 Å². The smallest absolute Gasteiger partial charge is 0.331 e. The molecule has 2 N–H and O–H groups in total. The summed E-state index contributed by atoms with van der Waals surface area (Å²) >= 11 is 4.88. The topological polar surface area (TPSA) is 87.5 Å². The Labute approximate surface area is 159 Å². The number of nitrogens with zero attached hydrogens (tertiary/aromatic N) is 2. The minimum absolute atomic E-state index is 0.0235. The molecule has 0 bridgehead atoms. The van der Waals surface area contributed by atoms with E-state index >= 15 is 0 Å². The fraction of sp³-hybridized carbons (Fsp3) is 0.0556. The summed E-state index contributed by atoms with van der Waals surface area (Å²) in [5.41, 5.74) is 1.04. The van der Waals surface area contributed by atoms with Crippen molar-refractivity contribution in [1.29, 1.82) is 0 Å². The number of nitrogens with one attached hydrogen (secondary N) is 1. The summed E-state index contributed by atoms with van der Waals surface area (Å²) in [6, 6.07) is 9.35. The van der Waals surface area contributed by atoms with Gasteiger partial charge in [-0.25, -0.2) is 4.79 Å². The Morgan fingerprint density at radius 2 is 2.15 bits per heavy atom. The molecule has 130 valence electrons. The number of aromatic nitrogens is 2. The average Bonchev–Trinajstić information content (AvgIpc) is 3.25. The van der Waals surface area contributed by atoms with Crippen LogP contribution < -0.4 is 11.2 Å². The minimum Gasteiger partial charge on any atom is -0.494 e. The van der Waals surface area contributed by atoms with E-state index in [9.17, 15) is 14.7 Å². The Kier molecular flexibility index (Phi) is 4.21. The van der Waals surface area contributed by atoms with Crippen LogP contribution in [-0.4, -0.2) is 20.9 Å². The predicted molar refractivity (Wildman–Crippen MR) is 107 cm³/mol. The molecule has 6 nitrogen and oxygen atoms in total. The van der Waals surface area contributed by atoms with E-state index in [0.717, 1.165) is 25.2 Å². The molecule has 4 rings (SSSR count). The molecule has 3 aromatic rings. The van der Waals surface area contributed by atoms with Gasteiger partial charge in [0.2, 0.25) is 5.88 Å². The number of H-pyrrole nitrogens is 1. The highest BCUT2D eigenvalue weighted by Gasteiger charge is 2.17. The first-order chi connectivity index (χ1) is 12.5. The molecule has 0 saturated heterocycles.